The van der Waals surface area contributed by atoms with Crippen LogP contribution >= 0.6 is 11.6 Å². The second kappa shape index (κ2) is 6.98. The first kappa shape index (κ1) is 17.6. The Balaban J connectivity index is 1.64. The minimum atomic E-state index is -0.498. The highest BCUT2D eigenvalue weighted by Gasteiger charge is 2.46. The fourth-order valence-electron chi connectivity index (χ4n) is 4.12. The van der Waals surface area contributed by atoms with Crippen molar-refractivity contribution in [3.63, 3.8) is 0 Å². The molecular weight excluding hydrogens is 331 g/mol. The van der Waals surface area contributed by atoms with Crippen LogP contribution in [0.2, 0.25) is 5.02 Å². The van der Waals surface area contributed by atoms with Crippen molar-refractivity contribution in [3.05, 3.63) is 34.6 Å². The lowest BCUT2D eigenvalue weighted by Crippen LogP contribution is -2.54. The molecule has 6 heteroatoms. The molecule has 2 aliphatic heterocycles. The van der Waals surface area contributed by atoms with E-state index in [2.05, 4.69) is 11.9 Å². The summed E-state index contributed by atoms with van der Waals surface area (Å²) in [7, 11) is 3.92. The highest BCUT2D eigenvalue weighted by atomic mass is 35.5. The number of carbonyl (C=O) groups is 1. The van der Waals surface area contributed by atoms with Crippen molar-refractivity contribution in [2.45, 2.75) is 37.3 Å². The van der Waals surface area contributed by atoms with Gasteiger partial charge in [-0.15, -0.1) is 0 Å². The minimum Gasteiger partial charge on any atom is -0.383 e. The number of halogens is 2. The zero-order valence-electron chi connectivity index (χ0n) is 14.2. The van der Waals surface area contributed by atoms with E-state index in [1.165, 1.54) is 18.2 Å². The van der Waals surface area contributed by atoms with E-state index < -0.39 is 5.82 Å². The minimum absolute atomic E-state index is 0.00716. The molecule has 0 aliphatic carbocycles. The normalized spacial score (nSPS) is 23.8. The topological polar surface area (TPSA) is 32.8 Å². The maximum Gasteiger partial charge on any atom is 0.253 e. The van der Waals surface area contributed by atoms with Gasteiger partial charge in [-0.3, -0.25) is 9.69 Å². The average Bonchev–Trinajstić information content (AvgIpc) is 2.88. The number of likely N-dealkylation sites (N-methyl/N-ethyl adjacent to an activating group) is 1. The van der Waals surface area contributed by atoms with Gasteiger partial charge >= 0.3 is 0 Å². The molecule has 1 spiro atoms. The molecule has 1 atom stereocenters. The second-order valence-corrected chi connectivity index (χ2v) is 7.31. The smallest absolute Gasteiger partial charge is 0.253 e. The first-order valence-corrected chi connectivity index (χ1v) is 8.81. The molecule has 2 saturated heterocycles. The van der Waals surface area contributed by atoms with Crippen LogP contribution in [0.5, 0.6) is 0 Å². The monoisotopic (exact) mass is 354 g/mol. The zero-order chi connectivity index (χ0) is 17.3. The average molecular weight is 355 g/mol. The lowest BCUT2D eigenvalue weighted by Gasteiger charge is -2.45. The fraction of sp³-hybridized carbons (Fsp3) is 0.611. The first-order valence-electron chi connectivity index (χ1n) is 8.43. The molecule has 0 radical (unpaired) electrons. The summed E-state index contributed by atoms with van der Waals surface area (Å²) >= 11 is 5.80. The molecule has 132 valence electrons. The summed E-state index contributed by atoms with van der Waals surface area (Å²) in [4.78, 5) is 16.9. The molecule has 1 aromatic rings. The maximum absolute atomic E-state index is 13.3. The SMILES string of the molecule is COC[C@H]1CCC2(CCN(C(=O)c3ccc(F)c(Cl)c3)CC2)N1C. The molecule has 1 amide bonds. The number of methoxy groups -OCH3 is 1. The van der Waals surface area contributed by atoms with Gasteiger partial charge in [0.05, 0.1) is 11.6 Å². The Morgan fingerprint density at radius 3 is 2.71 bits per heavy atom. The highest BCUT2D eigenvalue weighted by molar-refractivity contribution is 6.31. The molecule has 4 nitrogen and oxygen atoms in total. The van der Waals surface area contributed by atoms with E-state index in [1.807, 2.05) is 4.90 Å². The summed E-state index contributed by atoms with van der Waals surface area (Å²) in [5.74, 6) is -0.566. The Hall–Kier alpha value is -1.17. The van der Waals surface area contributed by atoms with Crippen LogP contribution in [-0.2, 0) is 4.74 Å². The lowest BCUT2D eigenvalue weighted by molar-refractivity contribution is 0.0273. The first-order chi connectivity index (χ1) is 11.5. The standard InChI is InChI=1S/C18H24ClFN2O2/c1-21-14(12-24-2)5-6-18(21)7-9-22(10-8-18)17(23)13-3-4-16(20)15(19)11-13/h3-4,11,14H,5-10,12H2,1-2H3/t14-/m1/s1. The van der Waals surface area contributed by atoms with Gasteiger partial charge in [0.25, 0.3) is 5.91 Å². The molecule has 2 fully saturated rings. The third-order valence-corrected chi connectivity index (χ3v) is 6.04. The summed E-state index contributed by atoms with van der Waals surface area (Å²) in [6.07, 6.45) is 4.22. The predicted octanol–water partition coefficient (Wildman–Crippen LogP) is 3.19. The molecule has 1 aromatic carbocycles. The van der Waals surface area contributed by atoms with E-state index >= 15 is 0 Å². The van der Waals surface area contributed by atoms with E-state index in [0.717, 1.165) is 45.4 Å². The van der Waals surface area contributed by atoms with Crippen LogP contribution < -0.4 is 0 Å². The van der Waals surface area contributed by atoms with Gasteiger partial charge < -0.3 is 9.64 Å². The van der Waals surface area contributed by atoms with Crippen molar-refractivity contribution < 1.29 is 13.9 Å². The van der Waals surface area contributed by atoms with Crippen LogP contribution in [0.15, 0.2) is 18.2 Å². The number of benzene rings is 1. The third kappa shape index (κ3) is 3.17. The molecule has 2 heterocycles. The summed E-state index contributed by atoms with van der Waals surface area (Å²) in [5, 5.41) is -0.00716. The quantitative estimate of drug-likeness (QED) is 0.835. The van der Waals surface area contributed by atoms with Crippen molar-refractivity contribution >= 4 is 17.5 Å². The summed E-state index contributed by atoms with van der Waals surface area (Å²) in [5.41, 5.74) is 0.634. The van der Waals surface area contributed by atoms with Crippen molar-refractivity contribution in [1.82, 2.24) is 9.80 Å². The van der Waals surface area contributed by atoms with Gasteiger partial charge in [0.2, 0.25) is 0 Å². The van der Waals surface area contributed by atoms with Gasteiger partial charge in [0.15, 0.2) is 0 Å². The van der Waals surface area contributed by atoms with E-state index in [4.69, 9.17) is 16.3 Å². The third-order valence-electron chi connectivity index (χ3n) is 5.75. The molecule has 0 saturated carbocycles. The lowest BCUT2D eigenvalue weighted by atomic mass is 9.85. The Morgan fingerprint density at radius 2 is 2.08 bits per heavy atom. The number of hydrogen-bond acceptors (Lipinski definition) is 3. The Morgan fingerprint density at radius 1 is 1.38 bits per heavy atom. The molecule has 3 rings (SSSR count). The maximum atomic E-state index is 13.3. The molecular formula is C18H24ClFN2O2. The summed E-state index contributed by atoms with van der Waals surface area (Å²) in [6.45, 7) is 2.20. The fourth-order valence-corrected chi connectivity index (χ4v) is 4.30. The number of rotatable bonds is 3. The largest absolute Gasteiger partial charge is 0.383 e. The van der Waals surface area contributed by atoms with Gasteiger partial charge in [-0.2, -0.15) is 0 Å². The highest BCUT2D eigenvalue weighted by Crippen LogP contribution is 2.40. The number of hydrogen-bond donors (Lipinski definition) is 0. The Labute approximate surface area is 147 Å². The van der Waals surface area contributed by atoms with Crippen LogP contribution in [0.25, 0.3) is 0 Å². The van der Waals surface area contributed by atoms with Crippen molar-refractivity contribution in [1.29, 1.82) is 0 Å². The molecule has 0 N–H and O–H groups in total. The van der Waals surface area contributed by atoms with E-state index in [1.54, 1.807) is 7.11 Å². The van der Waals surface area contributed by atoms with Crippen molar-refractivity contribution in [2.24, 2.45) is 0 Å². The molecule has 0 bridgehead atoms. The molecule has 24 heavy (non-hydrogen) atoms. The van der Waals surface area contributed by atoms with Crippen LogP contribution in [0.3, 0.4) is 0 Å². The Bertz CT molecular complexity index is 617. The number of piperidine rings is 1. The number of likely N-dealkylation sites (tertiary alicyclic amines) is 2. The Kier molecular flexibility index (Phi) is 5.13. The van der Waals surface area contributed by atoms with Crippen molar-refractivity contribution in [3.8, 4) is 0 Å². The van der Waals surface area contributed by atoms with Crippen LogP contribution in [0.1, 0.15) is 36.0 Å². The van der Waals surface area contributed by atoms with Gasteiger partial charge in [-0.25, -0.2) is 4.39 Å². The van der Waals surface area contributed by atoms with Gasteiger partial charge in [-0.05, 0) is 50.9 Å². The van der Waals surface area contributed by atoms with Crippen LogP contribution in [0, 0.1) is 5.82 Å². The predicted molar refractivity (Wildman–Crippen MR) is 91.9 cm³/mol. The number of carbonyl (C=O) groups excluding carboxylic acids is 1. The number of ether oxygens (including phenoxy) is 1. The van der Waals surface area contributed by atoms with E-state index in [9.17, 15) is 9.18 Å². The number of amides is 1. The second-order valence-electron chi connectivity index (χ2n) is 6.90. The number of nitrogens with zero attached hydrogens (tertiary/aromatic N) is 2. The van der Waals surface area contributed by atoms with Gasteiger partial charge in [0, 0.05) is 37.3 Å². The molecule has 0 aromatic heterocycles. The van der Waals surface area contributed by atoms with Gasteiger partial charge in [-0.1, -0.05) is 11.6 Å². The zero-order valence-corrected chi connectivity index (χ0v) is 15.0. The molecule has 2 aliphatic rings. The molecule has 0 unspecified atom stereocenters. The van der Waals surface area contributed by atoms with Crippen molar-refractivity contribution in [2.75, 3.05) is 33.9 Å². The van der Waals surface area contributed by atoms with Crippen LogP contribution in [0.4, 0.5) is 4.39 Å². The van der Waals surface area contributed by atoms with E-state index in [0.29, 0.717) is 11.6 Å². The van der Waals surface area contributed by atoms with E-state index in [-0.39, 0.29) is 16.5 Å². The summed E-state index contributed by atoms with van der Waals surface area (Å²) in [6, 6.07) is 4.64. The van der Waals surface area contributed by atoms with Crippen LogP contribution in [-0.4, -0.2) is 61.1 Å². The van der Waals surface area contributed by atoms with Gasteiger partial charge in [0.1, 0.15) is 5.82 Å². The summed E-state index contributed by atoms with van der Waals surface area (Å²) < 4.78 is 18.6.